The summed E-state index contributed by atoms with van der Waals surface area (Å²) in [6.45, 7) is 3.09. The summed E-state index contributed by atoms with van der Waals surface area (Å²) in [7, 11) is 2.03. The topological polar surface area (TPSA) is 67.1 Å². The van der Waals surface area contributed by atoms with Crippen molar-refractivity contribution >= 4 is 22.7 Å². The molecule has 0 saturated carbocycles. The fourth-order valence-electron chi connectivity index (χ4n) is 1.86. The molecule has 0 radical (unpaired) electrons. The van der Waals surface area contributed by atoms with Gasteiger partial charge in [0, 0.05) is 19.0 Å². The maximum absolute atomic E-state index is 5.39. The van der Waals surface area contributed by atoms with Crippen LogP contribution in [0.2, 0.25) is 0 Å². The highest BCUT2D eigenvalue weighted by Crippen LogP contribution is 2.24. The SMILES string of the molecule is CCCN(C)c1nc(NN)nc2ccccc12. The maximum atomic E-state index is 5.39. The van der Waals surface area contributed by atoms with E-state index in [9.17, 15) is 0 Å². The molecular weight excluding hydrogens is 214 g/mol. The first-order valence-electron chi connectivity index (χ1n) is 5.70. The molecule has 5 heteroatoms. The fraction of sp³-hybridized carbons (Fsp3) is 0.333. The van der Waals surface area contributed by atoms with E-state index in [0.29, 0.717) is 5.95 Å². The number of para-hydroxylation sites is 1. The second-order valence-electron chi connectivity index (χ2n) is 3.95. The van der Waals surface area contributed by atoms with Crippen LogP contribution in [-0.2, 0) is 0 Å². The minimum Gasteiger partial charge on any atom is -0.359 e. The van der Waals surface area contributed by atoms with Gasteiger partial charge < -0.3 is 4.90 Å². The van der Waals surface area contributed by atoms with Gasteiger partial charge in [0.25, 0.3) is 0 Å². The highest BCUT2D eigenvalue weighted by atomic mass is 15.3. The van der Waals surface area contributed by atoms with Gasteiger partial charge in [-0.3, -0.25) is 5.43 Å². The first kappa shape index (κ1) is 11.6. The molecule has 0 fully saturated rings. The number of nitrogens with two attached hydrogens (primary N) is 1. The van der Waals surface area contributed by atoms with Crippen molar-refractivity contribution in [3.63, 3.8) is 0 Å². The van der Waals surface area contributed by atoms with E-state index in [2.05, 4.69) is 27.2 Å². The molecule has 0 bridgehead atoms. The molecule has 0 aliphatic carbocycles. The lowest BCUT2D eigenvalue weighted by molar-refractivity contribution is 0.840. The predicted molar refractivity (Wildman–Crippen MR) is 70.9 cm³/mol. The Morgan fingerprint density at radius 2 is 2.06 bits per heavy atom. The van der Waals surface area contributed by atoms with Crippen LogP contribution in [0.5, 0.6) is 0 Å². The zero-order valence-electron chi connectivity index (χ0n) is 10.1. The van der Waals surface area contributed by atoms with E-state index < -0.39 is 0 Å². The molecule has 5 nitrogen and oxygen atoms in total. The average Bonchev–Trinajstić information content (AvgIpc) is 2.37. The van der Waals surface area contributed by atoms with E-state index in [1.54, 1.807) is 0 Å². The highest BCUT2D eigenvalue weighted by Gasteiger charge is 2.09. The molecule has 0 amide bonds. The van der Waals surface area contributed by atoms with E-state index >= 15 is 0 Å². The largest absolute Gasteiger partial charge is 0.359 e. The molecule has 1 heterocycles. The van der Waals surface area contributed by atoms with Gasteiger partial charge in [-0.25, -0.2) is 10.8 Å². The van der Waals surface area contributed by atoms with Crippen molar-refractivity contribution in [3.05, 3.63) is 24.3 Å². The number of nitrogen functional groups attached to an aromatic ring is 1. The Labute approximate surface area is 101 Å². The van der Waals surface area contributed by atoms with Crippen molar-refractivity contribution in [2.45, 2.75) is 13.3 Å². The Bertz CT molecular complexity index is 511. The monoisotopic (exact) mass is 231 g/mol. The fourth-order valence-corrected chi connectivity index (χ4v) is 1.86. The number of hydrazine groups is 1. The molecule has 17 heavy (non-hydrogen) atoms. The van der Waals surface area contributed by atoms with Crippen LogP contribution < -0.4 is 16.2 Å². The normalized spacial score (nSPS) is 10.5. The summed E-state index contributed by atoms with van der Waals surface area (Å²) in [6.07, 6.45) is 1.07. The van der Waals surface area contributed by atoms with E-state index in [0.717, 1.165) is 29.7 Å². The van der Waals surface area contributed by atoms with Crippen LogP contribution >= 0.6 is 0 Å². The van der Waals surface area contributed by atoms with E-state index in [1.807, 2.05) is 31.3 Å². The molecule has 0 aliphatic heterocycles. The third-order valence-electron chi connectivity index (χ3n) is 2.63. The molecule has 1 aromatic carbocycles. The van der Waals surface area contributed by atoms with Crippen LogP contribution in [0, 0.1) is 0 Å². The molecule has 1 aromatic heterocycles. The Morgan fingerprint density at radius 3 is 2.76 bits per heavy atom. The summed E-state index contributed by atoms with van der Waals surface area (Å²) in [5.74, 6) is 6.74. The van der Waals surface area contributed by atoms with Gasteiger partial charge in [-0.2, -0.15) is 4.98 Å². The molecule has 2 aromatic rings. The number of rotatable bonds is 4. The second-order valence-corrected chi connectivity index (χ2v) is 3.95. The Hall–Kier alpha value is -1.88. The van der Waals surface area contributed by atoms with Crippen molar-refractivity contribution < 1.29 is 0 Å². The van der Waals surface area contributed by atoms with E-state index in [1.165, 1.54) is 0 Å². The number of anilines is 2. The van der Waals surface area contributed by atoms with Crippen LogP contribution in [0.3, 0.4) is 0 Å². The predicted octanol–water partition coefficient (Wildman–Crippen LogP) is 1.76. The van der Waals surface area contributed by atoms with Crippen LogP contribution in [0.15, 0.2) is 24.3 Å². The molecule has 0 aliphatic rings. The molecular formula is C12H17N5. The first-order valence-corrected chi connectivity index (χ1v) is 5.70. The summed E-state index contributed by atoms with van der Waals surface area (Å²) >= 11 is 0. The minimum absolute atomic E-state index is 0.446. The van der Waals surface area contributed by atoms with Crippen molar-refractivity contribution in [3.8, 4) is 0 Å². The third-order valence-corrected chi connectivity index (χ3v) is 2.63. The zero-order valence-corrected chi connectivity index (χ0v) is 10.1. The molecule has 3 N–H and O–H groups in total. The molecule has 2 rings (SSSR count). The van der Waals surface area contributed by atoms with Gasteiger partial charge in [-0.15, -0.1) is 0 Å². The van der Waals surface area contributed by atoms with Gasteiger partial charge in [0.15, 0.2) is 0 Å². The summed E-state index contributed by atoms with van der Waals surface area (Å²) < 4.78 is 0. The zero-order chi connectivity index (χ0) is 12.3. The molecule has 90 valence electrons. The summed E-state index contributed by atoms with van der Waals surface area (Å²) in [4.78, 5) is 10.9. The van der Waals surface area contributed by atoms with Crippen LogP contribution in [-0.4, -0.2) is 23.6 Å². The van der Waals surface area contributed by atoms with Crippen molar-refractivity contribution in [1.82, 2.24) is 9.97 Å². The lowest BCUT2D eigenvalue weighted by atomic mass is 10.2. The number of hydrogen-bond donors (Lipinski definition) is 2. The second kappa shape index (κ2) is 4.97. The molecule has 0 atom stereocenters. The Kier molecular flexibility index (Phi) is 3.39. The average molecular weight is 231 g/mol. The standard InChI is InChI=1S/C12H17N5/c1-3-8-17(2)11-9-6-4-5-7-10(9)14-12(15-11)16-13/h4-7H,3,8,13H2,1-2H3,(H,14,15,16). The van der Waals surface area contributed by atoms with Crippen molar-refractivity contribution in [2.75, 3.05) is 23.9 Å². The van der Waals surface area contributed by atoms with Gasteiger partial charge in [0.05, 0.1) is 5.52 Å². The van der Waals surface area contributed by atoms with Gasteiger partial charge in [0.2, 0.25) is 5.95 Å². The number of aromatic nitrogens is 2. The lowest BCUT2D eigenvalue weighted by Gasteiger charge is -2.19. The van der Waals surface area contributed by atoms with Crippen molar-refractivity contribution in [2.24, 2.45) is 5.84 Å². The van der Waals surface area contributed by atoms with Crippen LogP contribution in [0.25, 0.3) is 10.9 Å². The number of nitrogens with zero attached hydrogens (tertiary/aromatic N) is 3. The smallest absolute Gasteiger partial charge is 0.239 e. The summed E-state index contributed by atoms with van der Waals surface area (Å²) in [6, 6.07) is 7.93. The summed E-state index contributed by atoms with van der Waals surface area (Å²) in [5, 5.41) is 1.04. The number of hydrogen-bond acceptors (Lipinski definition) is 5. The maximum Gasteiger partial charge on any atom is 0.239 e. The third kappa shape index (κ3) is 2.29. The molecule has 0 unspecified atom stereocenters. The summed E-state index contributed by atoms with van der Waals surface area (Å²) in [5.41, 5.74) is 3.40. The van der Waals surface area contributed by atoms with Gasteiger partial charge >= 0.3 is 0 Å². The minimum atomic E-state index is 0.446. The number of nitrogens with one attached hydrogen (secondary N) is 1. The molecule has 0 saturated heterocycles. The Balaban J connectivity index is 2.58. The lowest BCUT2D eigenvalue weighted by Crippen LogP contribution is -2.21. The van der Waals surface area contributed by atoms with Gasteiger partial charge in [0.1, 0.15) is 5.82 Å². The van der Waals surface area contributed by atoms with E-state index in [4.69, 9.17) is 5.84 Å². The van der Waals surface area contributed by atoms with Gasteiger partial charge in [-0.05, 0) is 18.6 Å². The van der Waals surface area contributed by atoms with Gasteiger partial charge in [-0.1, -0.05) is 19.1 Å². The Morgan fingerprint density at radius 1 is 1.29 bits per heavy atom. The van der Waals surface area contributed by atoms with E-state index in [-0.39, 0.29) is 0 Å². The quantitative estimate of drug-likeness (QED) is 0.620. The van der Waals surface area contributed by atoms with Crippen LogP contribution in [0.4, 0.5) is 11.8 Å². The number of fused-ring (bicyclic) bond motifs is 1. The number of benzene rings is 1. The highest BCUT2D eigenvalue weighted by molar-refractivity contribution is 5.90. The van der Waals surface area contributed by atoms with Crippen LogP contribution in [0.1, 0.15) is 13.3 Å². The van der Waals surface area contributed by atoms with Crippen molar-refractivity contribution in [1.29, 1.82) is 0 Å². The molecule has 0 spiro atoms. The first-order chi connectivity index (χ1) is 8.26.